The molecule has 0 bridgehead atoms. The fraction of sp³-hybridized carbons (Fsp3) is 0.160. The molecule has 0 atom stereocenters. The van der Waals surface area contributed by atoms with E-state index in [1.807, 2.05) is 0 Å². The van der Waals surface area contributed by atoms with Crippen molar-refractivity contribution in [2.24, 2.45) is 0 Å². The topological polar surface area (TPSA) is 96.5 Å². The molecule has 35 heavy (non-hydrogen) atoms. The molecule has 182 valence electrons. The molecular weight excluding hydrogens is 463 g/mol. The van der Waals surface area contributed by atoms with Crippen molar-refractivity contribution in [1.82, 2.24) is 5.32 Å². The number of ether oxygens (including phenoxy) is 1. The highest BCUT2D eigenvalue weighted by atomic mass is 19.4. The summed E-state index contributed by atoms with van der Waals surface area (Å²) in [5, 5.41) is 7.65. The lowest BCUT2D eigenvalue weighted by molar-refractivity contribution is -0.137. The monoisotopic (exact) mass is 485 g/mol. The van der Waals surface area contributed by atoms with Crippen molar-refractivity contribution in [3.8, 4) is 5.75 Å². The van der Waals surface area contributed by atoms with Gasteiger partial charge in [-0.2, -0.15) is 13.2 Å². The van der Waals surface area contributed by atoms with Gasteiger partial charge >= 0.3 is 6.18 Å². The molecular formula is C25H22F3N3O4. The Hall–Kier alpha value is -4.34. The van der Waals surface area contributed by atoms with Gasteiger partial charge in [-0.15, -0.1) is 0 Å². The minimum Gasteiger partial charge on any atom is -0.484 e. The normalized spacial score (nSPS) is 10.9. The number of hydrogen-bond donors (Lipinski definition) is 3. The number of amides is 3. The van der Waals surface area contributed by atoms with E-state index in [9.17, 15) is 27.6 Å². The Bertz CT molecular complexity index is 1210. The summed E-state index contributed by atoms with van der Waals surface area (Å²) in [6.07, 6.45) is -4.40. The number of carbonyl (C=O) groups is 3. The molecule has 3 N–H and O–H groups in total. The van der Waals surface area contributed by atoms with E-state index in [1.165, 1.54) is 43.4 Å². The highest BCUT2D eigenvalue weighted by molar-refractivity contribution is 6.05. The van der Waals surface area contributed by atoms with Crippen LogP contribution in [-0.2, 0) is 22.2 Å². The lowest BCUT2D eigenvalue weighted by Gasteiger charge is -2.12. The minimum atomic E-state index is -4.52. The summed E-state index contributed by atoms with van der Waals surface area (Å²) in [5.74, 6) is -0.937. The van der Waals surface area contributed by atoms with Crippen LogP contribution in [0.25, 0.3) is 0 Å². The maximum Gasteiger partial charge on any atom is 0.416 e. The molecule has 3 rings (SSSR count). The average Bonchev–Trinajstić information content (AvgIpc) is 2.84. The van der Waals surface area contributed by atoms with Crippen LogP contribution in [0.5, 0.6) is 5.75 Å². The van der Waals surface area contributed by atoms with Crippen LogP contribution in [0.2, 0.25) is 0 Å². The van der Waals surface area contributed by atoms with Gasteiger partial charge in [0.1, 0.15) is 5.75 Å². The summed E-state index contributed by atoms with van der Waals surface area (Å²) in [7, 11) is 1.53. The third kappa shape index (κ3) is 7.32. The number of nitrogens with one attached hydrogen (secondary N) is 3. The van der Waals surface area contributed by atoms with Crippen LogP contribution >= 0.6 is 0 Å². The van der Waals surface area contributed by atoms with Crippen molar-refractivity contribution >= 4 is 29.1 Å². The number of hydrogen-bond acceptors (Lipinski definition) is 4. The van der Waals surface area contributed by atoms with Crippen molar-refractivity contribution < 1.29 is 32.3 Å². The van der Waals surface area contributed by atoms with Gasteiger partial charge in [-0.05, 0) is 54.1 Å². The van der Waals surface area contributed by atoms with Gasteiger partial charge in [-0.3, -0.25) is 14.4 Å². The highest BCUT2D eigenvalue weighted by Gasteiger charge is 2.30. The van der Waals surface area contributed by atoms with Gasteiger partial charge < -0.3 is 20.7 Å². The fourth-order valence-corrected chi connectivity index (χ4v) is 3.07. The van der Waals surface area contributed by atoms with Crippen LogP contribution in [0.15, 0.2) is 72.8 Å². The van der Waals surface area contributed by atoms with E-state index >= 15 is 0 Å². The number of rotatable bonds is 8. The van der Waals surface area contributed by atoms with Gasteiger partial charge in [-0.1, -0.05) is 24.3 Å². The Morgan fingerprint density at radius 1 is 0.857 bits per heavy atom. The van der Waals surface area contributed by atoms with Crippen LogP contribution in [-0.4, -0.2) is 31.4 Å². The number of likely N-dealkylation sites (N-methyl/N-ethyl adjacent to an activating group) is 1. The summed E-state index contributed by atoms with van der Waals surface area (Å²) in [5.41, 5.74) is 0.610. The third-order valence-electron chi connectivity index (χ3n) is 4.86. The molecule has 0 radical (unpaired) electrons. The van der Waals surface area contributed by atoms with E-state index in [0.29, 0.717) is 22.6 Å². The summed E-state index contributed by atoms with van der Waals surface area (Å²) in [4.78, 5) is 36.3. The molecule has 0 aliphatic carbocycles. The molecule has 0 heterocycles. The molecule has 10 heteroatoms. The third-order valence-corrected chi connectivity index (χ3v) is 4.86. The first-order valence-corrected chi connectivity index (χ1v) is 10.5. The SMILES string of the molecule is CNC(=O)Cc1ccccc1NC(=O)c1ccc(OCC(=O)Nc2cccc(C(F)(F)F)c2)cc1. The molecule has 0 fully saturated rings. The highest BCUT2D eigenvalue weighted by Crippen LogP contribution is 2.30. The lowest BCUT2D eigenvalue weighted by Crippen LogP contribution is -2.21. The maximum atomic E-state index is 12.8. The Morgan fingerprint density at radius 2 is 1.57 bits per heavy atom. The van der Waals surface area contributed by atoms with Gasteiger partial charge in [-0.25, -0.2) is 0 Å². The Morgan fingerprint density at radius 3 is 2.26 bits per heavy atom. The van der Waals surface area contributed by atoms with Crippen molar-refractivity contribution in [2.75, 3.05) is 24.3 Å². The molecule has 0 unspecified atom stereocenters. The maximum absolute atomic E-state index is 12.8. The van der Waals surface area contributed by atoms with Crippen LogP contribution in [0, 0.1) is 0 Å². The van der Waals surface area contributed by atoms with Gasteiger partial charge in [0.05, 0.1) is 12.0 Å². The van der Waals surface area contributed by atoms with Crippen molar-refractivity contribution in [3.05, 3.63) is 89.5 Å². The zero-order chi connectivity index (χ0) is 25.4. The molecule has 7 nitrogen and oxygen atoms in total. The molecule has 0 aromatic heterocycles. The Labute approximate surface area is 199 Å². The number of benzene rings is 3. The van der Waals surface area contributed by atoms with E-state index in [-0.39, 0.29) is 18.0 Å². The van der Waals surface area contributed by atoms with E-state index in [4.69, 9.17) is 4.74 Å². The second kappa shape index (κ2) is 11.2. The fourth-order valence-electron chi connectivity index (χ4n) is 3.07. The van der Waals surface area contributed by atoms with Gasteiger partial charge in [0, 0.05) is 24.0 Å². The zero-order valence-corrected chi connectivity index (χ0v) is 18.6. The van der Waals surface area contributed by atoms with E-state index in [1.54, 1.807) is 24.3 Å². The van der Waals surface area contributed by atoms with E-state index in [2.05, 4.69) is 16.0 Å². The second-order valence-corrected chi connectivity index (χ2v) is 7.40. The quantitative estimate of drug-likeness (QED) is 0.444. The molecule has 0 saturated carbocycles. The standard InChI is InChI=1S/C25H22F3N3O4/c1-29-22(32)13-17-5-2-3-8-21(17)31-24(34)16-9-11-20(12-10-16)35-15-23(33)30-19-7-4-6-18(14-19)25(26,27)28/h2-12,14H,13,15H2,1H3,(H,29,32)(H,30,33)(H,31,34). The molecule has 3 aromatic carbocycles. The first-order valence-electron chi connectivity index (χ1n) is 10.5. The van der Waals surface area contributed by atoms with Crippen LogP contribution in [0.4, 0.5) is 24.5 Å². The van der Waals surface area contributed by atoms with Crippen molar-refractivity contribution in [2.45, 2.75) is 12.6 Å². The van der Waals surface area contributed by atoms with E-state index in [0.717, 1.165) is 12.1 Å². The lowest BCUT2D eigenvalue weighted by atomic mass is 10.1. The first kappa shape index (κ1) is 25.3. The predicted molar refractivity (Wildman–Crippen MR) is 124 cm³/mol. The second-order valence-electron chi connectivity index (χ2n) is 7.40. The summed E-state index contributed by atoms with van der Waals surface area (Å²) in [6.45, 7) is -0.436. The van der Waals surface area contributed by atoms with Crippen LogP contribution in [0.3, 0.4) is 0 Å². The minimum absolute atomic E-state index is 0.00265. The molecule has 3 amide bonds. The molecule has 0 aliphatic heterocycles. The van der Waals surface area contributed by atoms with Crippen molar-refractivity contribution in [3.63, 3.8) is 0 Å². The molecule has 0 spiro atoms. The van der Waals surface area contributed by atoms with Gasteiger partial charge in [0.15, 0.2) is 6.61 Å². The number of halogens is 3. The van der Waals surface area contributed by atoms with Gasteiger partial charge in [0.2, 0.25) is 5.91 Å². The predicted octanol–water partition coefficient (Wildman–Crippen LogP) is 4.26. The molecule has 3 aromatic rings. The van der Waals surface area contributed by atoms with Crippen LogP contribution in [0.1, 0.15) is 21.5 Å². The first-order chi connectivity index (χ1) is 16.7. The largest absolute Gasteiger partial charge is 0.484 e. The van der Waals surface area contributed by atoms with Gasteiger partial charge in [0.25, 0.3) is 11.8 Å². The number of carbonyl (C=O) groups excluding carboxylic acids is 3. The smallest absolute Gasteiger partial charge is 0.416 e. The summed E-state index contributed by atoms with van der Waals surface area (Å²) < 4.78 is 43.7. The molecule has 0 aliphatic rings. The number of para-hydroxylation sites is 1. The Kier molecular flexibility index (Phi) is 8.08. The zero-order valence-electron chi connectivity index (χ0n) is 18.6. The van der Waals surface area contributed by atoms with Crippen molar-refractivity contribution in [1.29, 1.82) is 0 Å². The molecule has 0 saturated heterocycles. The van der Waals surface area contributed by atoms with E-state index < -0.39 is 30.2 Å². The summed E-state index contributed by atoms with van der Waals surface area (Å²) in [6, 6.07) is 17.2. The number of anilines is 2. The van der Waals surface area contributed by atoms with Crippen LogP contribution < -0.4 is 20.7 Å². The summed E-state index contributed by atoms with van der Waals surface area (Å²) >= 11 is 0. The Balaban J connectivity index is 1.55. The number of alkyl halides is 3. The average molecular weight is 485 g/mol.